The molecule has 0 bridgehead atoms. The van der Waals surface area contributed by atoms with Crippen molar-refractivity contribution >= 4 is 22.1 Å². The molecule has 2 rings (SSSR count). The lowest BCUT2D eigenvalue weighted by Gasteiger charge is -2.11. The monoisotopic (exact) mass is 259 g/mol. The Morgan fingerprint density at radius 2 is 2.11 bits per heavy atom. The molecular weight excluding hydrogens is 238 g/mol. The molecule has 4 heteroatoms. The van der Waals surface area contributed by atoms with Crippen molar-refractivity contribution in [1.29, 1.82) is 0 Å². The Balaban J connectivity index is 2.14. The first kappa shape index (κ1) is 13.6. The van der Waals surface area contributed by atoms with Crippen LogP contribution in [0.2, 0.25) is 0 Å². The van der Waals surface area contributed by atoms with Crippen LogP contribution in [0.1, 0.15) is 18.5 Å². The van der Waals surface area contributed by atoms with Crippen molar-refractivity contribution < 1.29 is 4.74 Å². The van der Waals surface area contributed by atoms with Crippen LogP contribution in [-0.4, -0.2) is 25.2 Å². The second kappa shape index (κ2) is 6.38. The summed E-state index contributed by atoms with van der Waals surface area (Å²) in [6, 6.07) is 6.04. The van der Waals surface area contributed by atoms with Gasteiger partial charge in [-0.2, -0.15) is 0 Å². The fourth-order valence-corrected chi connectivity index (χ4v) is 2.11. The number of unbranched alkanes of at least 4 members (excludes halogenated alkanes) is 1. The van der Waals surface area contributed by atoms with Gasteiger partial charge in [0, 0.05) is 54.3 Å². The molecule has 4 nitrogen and oxygen atoms in total. The fraction of sp³-hybridized carbons (Fsp3) is 0.400. The summed E-state index contributed by atoms with van der Waals surface area (Å²) in [6.45, 7) is 3.74. The highest BCUT2D eigenvalue weighted by Gasteiger charge is 2.04. The van der Waals surface area contributed by atoms with Crippen molar-refractivity contribution in [2.24, 2.45) is 0 Å². The number of ether oxygens (including phenoxy) is 1. The van der Waals surface area contributed by atoms with E-state index in [-0.39, 0.29) is 0 Å². The van der Waals surface area contributed by atoms with Crippen LogP contribution in [0.4, 0.5) is 11.4 Å². The van der Waals surface area contributed by atoms with Gasteiger partial charge in [-0.15, -0.1) is 0 Å². The van der Waals surface area contributed by atoms with Gasteiger partial charge in [0.05, 0.1) is 0 Å². The summed E-state index contributed by atoms with van der Waals surface area (Å²) < 4.78 is 5.04. The molecule has 3 N–H and O–H groups in total. The largest absolute Gasteiger partial charge is 0.398 e. The molecule has 0 aliphatic carbocycles. The minimum atomic E-state index is 0.771. The average Bonchev–Trinajstić information content (AvgIpc) is 2.41. The molecule has 0 radical (unpaired) electrons. The number of nitrogen functional groups attached to an aromatic ring is 1. The molecule has 1 aromatic carbocycles. The van der Waals surface area contributed by atoms with E-state index < -0.39 is 0 Å². The smallest absolute Gasteiger partial charge is 0.0462 e. The first-order valence-corrected chi connectivity index (χ1v) is 6.60. The Morgan fingerprint density at radius 1 is 1.26 bits per heavy atom. The summed E-state index contributed by atoms with van der Waals surface area (Å²) in [6.07, 6.45) is 4.00. The molecule has 102 valence electrons. The maximum atomic E-state index is 5.99. The lowest BCUT2D eigenvalue weighted by atomic mass is 10.1. The second-order valence-corrected chi connectivity index (χ2v) is 4.70. The normalized spacial score (nSPS) is 10.8. The molecule has 2 aromatic rings. The van der Waals surface area contributed by atoms with E-state index in [0.29, 0.717) is 0 Å². The van der Waals surface area contributed by atoms with Gasteiger partial charge in [-0.1, -0.05) is 0 Å². The van der Waals surface area contributed by atoms with Gasteiger partial charge in [-0.05, 0) is 38.0 Å². The van der Waals surface area contributed by atoms with E-state index in [4.69, 9.17) is 10.5 Å². The lowest BCUT2D eigenvalue weighted by Crippen LogP contribution is -2.04. The second-order valence-electron chi connectivity index (χ2n) is 4.70. The van der Waals surface area contributed by atoms with E-state index in [1.807, 2.05) is 25.3 Å². The number of rotatable bonds is 6. The minimum absolute atomic E-state index is 0.771. The average molecular weight is 259 g/mol. The van der Waals surface area contributed by atoms with Gasteiger partial charge in [0.15, 0.2) is 0 Å². The van der Waals surface area contributed by atoms with Crippen LogP contribution in [0.15, 0.2) is 24.4 Å². The minimum Gasteiger partial charge on any atom is -0.398 e. The van der Waals surface area contributed by atoms with Crippen LogP contribution in [0.25, 0.3) is 10.8 Å². The molecule has 0 unspecified atom stereocenters. The Labute approximate surface area is 114 Å². The van der Waals surface area contributed by atoms with E-state index in [1.54, 1.807) is 7.11 Å². The zero-order valence-electron chi connectivity index (χ0n) is 11.6. The molecule has 0 atom stereocenters. The number of pyridine rings is 1. The van der Waals surface area contributed by atoms with Crippen LogP contribution in [0, 0.1) is 6.92 Å². The standard InChI is InChI=1S/C15H21N3O/c1-11-9-12-13(10-18-11)14(16)5-6-15(12)17-7-3-4-8-19-2/h5-6,9-10,17H,3-4,7-8,16H2,1-2H3. The van der Waals surface area contributed by atoms with Crippen molar-refractivity contribution in [2.45, 2.75) is 19.8 Å². The molecular formula is C15H21N3O. The van der Waals surface area contributed by atoms with Crippen molar-refractivity contribution in [1.82, 2.24) is 4.98 Å². The summed E-state index contributed by atoms with van der Waals surface area (Å²) in [5, 5.41) is 5.61. The first-order chi connectivity index (χ1) is 9.22. The van der Waals surface area contributed by atoms with Gasteiger partial charge >= 0.3 is 0 Å². The topological polar surface area (TPSA) is 60.2 Å². The van der Waals surface area contributed by atoms with Crippen LogP contribution in [-0.2, 0) is 4.74 Å². The number of aryl methyl sites for hydroxylation is 1. The van der Waals surface area contributed by atoms with E-state index in [2.05, 4.69) is 16.4 Å². The number of aromatic nitrogens is 1. The molecule has 0 aliphatic rings. The first-order valence-electron chi connectivity index (χ1n) is 6.60. The maximum absolute atomic E-state index is 5.99. The Morgan fingerprint density at radius 3 is 2.89 bits per heavy atom. The number of nitrogens with zero attached hydrogens (tertiary/aromatic N) is 1. The number of fused-ring (bicyclic) bond motifs is 1. The highest BCUT2D eigenvalue weighted by Crippen LogP contribution is 2.28. The third-order valence-corrected chi connectivity index (χ3v) is 3.16. The number of anilines is 2. The van der Waals surface area contributed by atoms with Crippen LogP contribution in [0.5, 0.6) is 0 Å². The van der Waals surface area contributed by atoms with Crippen molar-refractivity contribution in [2.75, 3.05) is 31.3 Å². The van der Waals surface area contributed by atoms with Gasteiger partial charge in [-0.3, -0.25) is 4.98 Å². The molecule has 1 aromatic heterocycles. The summed E-state index contributed by atoms with van der Waals surface area (Å²) in [4.78, 5) is 4.31. The zero-order valence-corrected chi connectivity index (χ0v) is 11.6. The summed E-state index contributed by atoms with van der Waals surface area (Å²) in [7, 11) is 1.73. The number of nitrogens with one attached hydrogen (secondary N) is 1. The summed E-state index contributed by atoms with van der Waals surface area (Å²) in [5.74, 6) is 0. The van der Waals surface area contributed by atoms with Crippen molar-refractivity contribution in [3.05, 3.63) is 30.1 Å². The van der Waals surface area contributed by atoms with E-state index in [1.165, 1.54) is 0 Å². The summed E-state index contributed by atoms with van der Waals surface area (Å²) in [5.41, 5.74) is 8.87. The van der Waals surface area contributed by atoms with Gasteiger partial charge in [-0.25, -0.2) is 0 Å². The van der Waals surface area contributed by atoms with Crippen LogP contribution in [0.3, 0.4) is 0 Å². The molecule has 19 heavy (non-hydrogen) atoms. The number of hydrogen-bond acceptors (Lipinski definition) is 4. The number of nitrogens with two attached hydrogens (primary N) is 1. The lowest BCUT2D eigenvalue weighted by molar-refractivity contribution is 0.194. The SMILES string of the molecule is COCCCCNc1ccc(N)c2cnc(C)cc12. The quantitative estimate of drug-likeness (QED) is 0.618. The van der Waals surface area contributed by atoms with E-state index >= 15 is 0 Å². The van der Waals surface area contributed by atoms with Gasteiger partial charge in [0.25, 0.3) is 0 Å². The fourth-order valence-electron chi connectivity index (χ4n) is 2.11. The third kappa shape index (κ3) is 3.35. The van der Waals surface area contributed by atoms with Crippen LogP contribution < -0.4 is 11.1 Å². The van der Waals surface area contributed by atoms with Crippen molar-refractivity contribution in [3.8, 4) is 0 Å². The molecule has 0 aliphatic heterocycles. The Bertz CT molecular complexity index is 554. The predicted molar refractivity (Wildman–Crippen MR) is 80.5 cm³/mol. The maximum Gasteiger partial charge on any atom is 0.0462 e. The highest BCUT2D eigenvalue weighted by atomic mass is 16.5. The van der Waals surface area contributed by atoms with E-state index in [9.17, 15) is 0 Å². The molecule has 0 spiro atoms. The Hall–Kier alpha value is -1.81. The predicted octanol–water partition coefficient (Wildman–Crippen LogP) is 2.96. The third-order valence-electron chi connectivity index (χ3n) is 3.16. The molecule has 0 amide bonds. The number of methoxy groups -OCH3 is 1. The molecule has 0 saturated heterocycles. The van der Waals surface area contributed by atoms with Gasteiger partial charge in [0.2, 0.25) is 0 Å². The van der Waals surface area contributed by atoms with Crippen LogP contribution >= 0.6 is 0 Å². The number of benzene rings is 1. The van der Waals surface area contributed by atoms with E-state index in [0.717, 1.165) is 53.8 Å². The molecule has 1 heterocycles. The Kier molecular flexibility index (Phi) is 4.58. The van der Waals surface area contributed by atoms with Crippen molar-refractivity contribution in [3.63, 3.8) is 0 Å². The number of hydrogen-bond donors (Lipinski definition) is 2. The summed E-state index contributed by atoms with van der Waals surface area (Å²) >= 11 is 0. The molecule has 0 fully saturated rings. The molecule has 0 saturated carbocycles. The zero-order chi connectivity index (χ0) is 13.7. The van der Waals surface area contributed by atoms with Gasteiger partial charge < -0.3 is 15.8 Å². The van der Waals surface area contributed by atoms with Gasteiger partial charge in [0.1, 0.15) is 0 Å². The highest BCUT2D eigenvalue weighted by molar-refractivity contribution is 6.00.